The van der Waals surface area contributed by atoms with E-state index in [0.717, 1.165) is 9.87 Å². The minimum absolute atomic E-state index is 0.000838. The van der Waals surface area contributed by atoms with Crippen molar-refractivity contribution in [1.82, 2.24) is 4.31 Å². The number of hydrogen-bond acceptors (Lipinski definition) is 4. The maximum atomic E-state index is 13.0. The normalized spacial score (nSPS) is 18.7. The Labute approximate surface area is 141 Å². The highest BCUT2D eigenvalue weighted by Gasteiger charge is 2.41. The lowest BCUT2D eigenvalue weighted by molar-refractivity contribution is -0.137. The molecule has 0 bridgehead atoms. The predicted molar refractivity (Wildman–Crippen MR) is 88.6 cm³/mol. The van der Waals surface area contributed by atoms with E-state index in [4.69, 9.17) is 0 Å². The van der Waals surface area contributed by atoms with Crippen LogP contribution in [0.15, 0.2) is 59.5 Å². The molecule has 2 aromatic carbocycles. The fraction of sp³-hybridized carbons (Fsp3) is 0.222. The third-order valence-electron chi connectivity index (χ3n) is 4.06. The van der Waals surface area contributed by atoms with Gasteiger partial charge in [0.1, 0.15) is 5.78 Å². The molecule has 0 N–H and O–H groups in total. The summed E-state index contributed by atoms with van der Waals surface area (Å²) in [5, 5.41) is 0. The molecule has 2 aromatic rings. The van der Waals surface area contributed by atoms with Gasteiger partial charge in [0.25, 0.3) is 10.0 Å². The molecule has 1 amide bonds. The molecule has 1 aliphatic heterocycles. The first-order valence-corrected chi connectivity index (χ1v) is 9.04. The van der Waals surface area contributed by atoms with Gasteiger partial charge in [-0.2, -0.15) is 0 Å². The van der Waals surface area contributed by atoms with E-state index in [1.807, 2.05) is 6.92 Å². The molecule has 1 heterocycles. The summed E-state index contributed by atoms with van der Waals surface area (Å²) in [7, 11) is -4.02. The third kappa shape index (κ3) is 2.97. The molecule has 0 saturated carbocycles. The van der Waals surface area contributed by atoms with Crippen LogP contribution in [0.3, 0.4) is 0 Å². The summed E-state index contributed by atoms with van der Waals surface area (Å²) in [5.41, 5.74) is 1.56. The molecule has 0 aliphatic carbocycles. The topological polar surface area (TPSA) is 71.5 Å². The van der Waals surface area contributed by atoms with Crippen molar-refractivity contribution in [2.75, 3.05) is 0 Å². The average Bonchev–Trinajstić information content (AvgIpc) is 2.55. The maximum Gasteiger partial charge on any atom is 0.267 e. The van der Waals surface area contributed by atoms with Crippen LogP contribution < -0.4 is 0 Å². The second kappa shape index (κ2) is 6.20. The molecule has 1 aliphatic rings. The van der Waals surface area contributed by atoms with Gasteiger partial charge in [0.05, 0.1) is 17.4 Å². The Hall–Kier alpha value is -2.47. The van der Waals surface area contributed by atoms with Gasteiger partial charge in [-0.15, -0.1) is 0 Å². The van der Waals surface area contributed by atoms with Crippen molar-refractivity contribution < 1.29 is 18.0 Å². The molecule has 1 fully saturated rings. The van der Waals surface area contributed by atoms with Gasteiger partial charge in [-0.25, -0.2) is 12.7 Å². The highest BCUT2D eigenvalue weighted by molar-refractivity contribution is 7.89. The van der Waals surface area contributed by atoms with Crippen LogP contribution in [0.2, 0.25) is 0 Å². The summed E-state index contributed by atoms with van der Waals surface area (Å²) in [5.74, 6) is -0.926. The number of piperidine rings is 1. The summed E-state index contributed by atoms with van der Waals surface area (Å²) in [4.78, 5) is 24.3. The zero-order chi connectivity index (χ0) is 17.3. The van der Waals surface area contributed by atoms with Crippen LogP contribution in [0.4, 0.5) is 0 Å². The van der Waals surface area contributed by atoms with Crippen LogP contribution in [-0.4, -0.2) is 24.4 Å². The maximum absolute atomic E-state index is 13.0. The van der Waals surface area contributed by atoms with E-state index < -0.39 is 22.0 Å². The van der Waals surface area contributed by atoms with Gasteiger partial charge in [-0.3, -0.25) is 9.59 Å². The Kier molecular flexibility index (Phi) is 4.24. The second-order valence-corrected chi connectivity index (χ2v) is 7.67. The zero-order valence-electron chi connectivity index (χ0n) is 13.2. The van der Waals surface area contributed by atoms with Crippen molar-refractivity contribution in [3.8, 4) is 0 Å². The largest absolute Gasteiger partial charge is 0.299 e. The summed E-state index contributed by atoms with van der Waals surface area (Å²) in [6.07, 6.45) is -0.380. The van der Waals surface area contributed by atoms with E-state index >= 15 is 0 Å². The number of hydrogen-bond donors (Lipinski definition) is 0. The fourth-order valence-electron chi connectivity index (χ4n) is 2.84. The highest BCUT2D eigenvalue weighted by Crippen LogP contribution is 2.34. The number of sulfonamides is 1. The van der Waals surface area contributed by atoms with E-state index in [0.29, 0.717) is 5.56 Å². The standard InChI is InChI=1S/C18H17NO4S/c1-13-7-9-16(10-8-13)24(22,23)19-17(11-15(20)12-18(19)21)14-5-3-2-4-6-14/h2-10,17H,11-12H2,1H3. The lowest BCUT2D eigenvalue weighted by atomic mass is 9.96. The van der Waals surface area contributed by atoms with Gasteiger partial charge in [-0.1, -0.05) is 48.0 Å². The van der Waals surface area contributed by atoms with Crippen molar-refractivity contribution in [2.45, 2.75) is 30.7 Å². The first kappa shape index (κ1) is 16.4. The van der Waals surface area contributed by atoms with Crippen LogP contribution in [0, 0.1) is 6.92 Å². The van der Waals surface area contributed by atoms with Crippen LogP contribution in [-0.2, 0) is 19.6 Å². The SMILES string of the molecule is Cc1ccc(S(=O)(=O)N2C(=O)CC(=O)CC2c2ccccc2)cc1. The lowest BCUT2D eigenvalue weighted by Gasteiger charge is -2.34. The Bertz CT molecular complexity index is 873. The average molecular weight is 343 g/mol. The van der Waals surface area contributed by atoms with E-state index in [2.05, 4.69) is 0 Å². The first-order valence-electron chi connectivity index (χ1n) is 7.60. The van der Waals surface area contributed by atoms with E-state index in [-0.39, 0.29) is 23.5 Å². The summed E-state index contributed by atoms with van der Waals surface area (Å²) < 4.78 is 26.9. The molecule has 0 aromatic heterocycles. The van der Waals surface area contributed by atoms with Gasteiger partial charge in [-0.05, 0) is 24.6 Å². The molecule has 5 nitrogen and oxygen atoms in total. The first-order chi connectivity index (χ1) is 11.4. The van der Waals surface area contributed by atoms with Gasteiger partial charge >= 0.3 is 0 Å². The number of carbonyl (C=O) groups is 2. The molecule has 124 valence electrons. The Morgan fingerprint density at radius 2 is 1.58 bits per heavy atom. The number of rotatable bonds is 3. The molecule has 3 rings (SSSR count). The smallest absolute Gasteiger partial charge is 0.267 e. The van der Waals surface area contributed by atoms with Gasteiger partial charge < -0.3 is 0 Å². The molecule has 24 heavy (non-hydrogen) atoms. The van der Waals surface area contributed by atoms with Crippen LogP contribution >= 0.6 is 0 Å². The molecular weight excluding hydrogens is 326 g/mol. The number of benzene rings is 2. The lowest BCUT2D eigenvalue weighted by Crippen LogP contribution is -2.45. The minimum Gasteiger partial charge on any atom is -0.299 e. The number of amides is 1. The number of Topliss-reactive ketones (excluding diaryl/α,β-unsaturated/α-hetero) is 1. The molecule has 6 heteroatoms. The minimum atomic E-state index is -4.02. The molecule has 1 unspecified atom stereocenters. The van der Waals surface area contributed by atoms with Gasteiger partial charge in [0.15, 0.2) is 0 Å². The fourth-order valence-corrected chi connectivity index (χ4v) is 4.42. The third-order valence-corrected chi connectivity index (χ3v) is 5.90. The van der Waals surface area contributed by atoms with Crippen LogP contribution in [0.25, 0.3) is 0 Å². The quantitative estimate of drug-likeness (QED) is 0.803. The van der Waals surface area contributed by atoms with Crippen molar-refractivity contribution in [2.24, 2.45) is 0 Å². The van der Waals surface area contributed by atoms with Crippen LogP contribution in [0.5, 0.6) is 0 Å². The number of nitrogens with zero attached hydrogens (tertiary/aromatic N) is 1. The molecular formula is C18H17NO4S. The monoisotopic (exact) mass is 343 g/mol. The summed E-state index contributed by atoms with van der Waals surface area (Å²) in [6.45, 7) is 1.86. The Morgan fingerprint density at radius 1 is 0.958 bits per heavy atom. The predicted octanol–water partition coefficient (Wildman–Crippen LogP) is 2.62. The summed E-state index contributed by atoms with van der Waals surface area (Å²) in [6, 6.07) is 14.3. The number of aryl methyl sites for hydroxylation is 1. The van der Waals surface area contributed by atoms with E-state index in [1.54, 1.807) is 42.5 Å². The number of carbonyl (C=O) groups excluding carboxylic acids is 2. The molecule has 1 atom stereocenters. The molecule has 1 saturated heterocycles. The van der Waals surface area contributed by atoms with Crippen molar-refractivity contribution in [3.05, 3.63) is 65.7 Å². The highest BCUT2D eigenvalue weighted by atomic mass is 32.2. The van der Waals surface area contributed by atoms with Crippen molar-refractivity contribution >= 4 is 21.7 Å². The zero-order valence-corrected chi connectivity index (χ0v) is 14.0. The molecule has 0 spiro atoms. The van der Waals surface area contributed by atoms with Crippen LogP contribution in [0.1, 0.15) is 30.0 Å². The van der Waals surface area contributed by atoms with E-state index in [1.165, 1.54) is 12.1 Å². The second-order valence-electron chi connectivity index (χ2n) is 5.85. The van der Waals surface area contributed by atoms with E-state index in [9.17, 15) is 18.0 Å². The van der Waals surface area contributed by atoms with Crippen molar-refractivity contribution in [3.63, 3.8) is 0 Å². The van der Waals surface area contributed by atoms with Gasteiger partial charge in [0, 0.05) is 6.42 Å². The number of ketones is 1. The van der Waals surface area contributed by atoms with Crippen molar-refractivity contribution in [1.29, 1.82) is 0 Å². The molecule has 0 radical (unpaired) electrons. The Morgan fingerprint density at radius 3 is 2.21 bits per heavy atom. The van der Waals surface area contributed by atoms with Gasteiger partial charge in [0.2, 0.25) is 5.91 Å². The summed E-state index contributed by atoms with van der Waals surface area (Å²) >= 11 is 0. The Balaban J connectivity index is 2.09.